The van der Waals surface area contributed by atoms with Gasteiger partial charge in [0.2, 0.25) is 0 Å². The maximum Gasteiger partial charge on any atom is 0.251 e. The van der Waals surface area contributed by atoms with Crippen LogP contribution in [-0.2, 0) is 0 Å². The van der Waals surface area contributed by atoms with Gasteiger partial charge in [0, 0.05) is 18.7 Å². The average Bonchev–Trinajstić information content (AvgIpc) is 2.39. The number of carbonyl (C=O) groups is 1. The van der Waals surface area contributed by atoms with Crippen molar-refractivity contribution in [3.05, 3.63) is 23.8 Å². The average molecular weight is 293 g/mol. The molecule has 0 aliphatic carbocycles. The van der Waals surface area contributed by atoms with E-state index in [4.69, 9.17) is 10.5 Å². The maximum absolute atomic E-state index is 12.0. The van der Waals surface area contributed by atoms with Gasteiger partial charge in [-0.3, -0.25) is 4.79 Å². The molecule has 118 valence electrons. The molecule has 0 unspecified atom stereocenters. The van der Waals surface area contributed by atoms with Crippen LogP contribution >= 0.6 is 0 Å². The van der Waals surface area contributed by atoms with Crippen LogP contribution in [0.4, 0.5) is 5.69 Å². The quantitative estimate of drug-likeness (QED) is 0.719. The number of anilines is 1. The molecule has 0 saturated carbocycles. The molecule has 0 saturated heterocycles. The third kappa shape index (κ3) is 6.49. The second kappa shape index (κ2) is 8.52. The Kier molecular flexibility index (Phi) is 7.02. The molecule has 0 heterocycles. The normalized spacial score (nSPS) is 11.0. The Hall–Kier alpha value is -1.75. The minimum absolute atomic E-state index is 0.114. The van der Waals surface area contributed by atoms with Gasteiger partial charge in [-0.15, -0.1) is 0 Å². The van der Waals surface area contributed by atoms with E-state index >= 15 is 0 Å². The summed E-state index contributed by atoms with van der Waals surface area (Å²) in [5.41, 5.74) is 7.00. The highest BCUT2D eigenvalue weighted by molar-refractivity contribution is 5.95. The van der Waals surface area contributed by atoms with Crippen molar-refractivity contribution in [2.24, 2.45) is 5.92 Å². The molecule has 1 rings (SSSR count). The molecule has 3 N–H and O–H groups in total. The van der Waals surface area contributed by atoms with Gasteiger partial charge in [-0.2, -0.15) is 0 Å². The van der Waals surface area contributed by atoms with Crippen LogP contribution in [0, 0.1) is 5.92 Å². The number of nitrogen functional groups attached to an aromatic ring is 1. The van der Waals surface area contributed by atoms with E-state index in [0.29, 0.717) is 36.1 Å². The van der Waals surface area contributed by atoms with E-state index in [0.717, 1.165) is 13.0 Å². The van der Waals surface area contributed by atoms with Crippen molar-refractivity contribution in [2.45, 2.75) is 20.3 Å². The molecule has 0 aromatic heterocycles. The molecule has 0 atom stereocenters. The topological polar surface area (TPSA) is 67.6 Å². The molecule has 0 radical (unpaired) electrons. The third-order valence-corrected chi connectivity index (χ3v) is 3.07. The Labute approximate surface area is 127 Å². The summed E-state index contributed by atoms with van der Waals surface area (Å²) in [5.74, 6) is 1.12. The van der Waals surface area contributed by atoms with Gasteiger partial charge in [-0.05, 0) is 44.6 Å². The van der Waals surface area contributed by atoms with E-state index in [2.05, 4.69) is 19.2 Å². The molecule has 0 spiro atoms. The zero-order valence-electron chi connectivity index (χ0n) is 13.5. The largest absolute Gasteiger partial charge is 0.491 e. The molecule has 1 aromatic carbocycles. The molecule has 0 aliphatic heterocycles. The second-order valence-electron chi connectivity index (χ2n) is 5.84. The summed E-state index contributed by atoms with van der Waals surface area (Å²) in [4.78, 5) is 14.0. The monoisotopic (exact) mass is 293 g/mol. The van der Waals surface area contributed by atoms with Crippen molar-refractivity contribution in [3.8, 4) is 5.75 Å². The van der Waals surface area contributed by atoms with Crippen LogP contribution < -0.4 is 15.8 Å². The minimum Gasteiger partial charge on any atom is -0.491 e. The fourth-order valence-corrected chi connectivity index (χ4v) is 1.72. The number of nitrogens with one attached hydrogen (secondary N) is 1. The summed E-state index contributed by atoms with van der Waals surface area (Å²) >= 11 is 0. The van der Waals surface area contributed by atoms with Crippen LogP contribution in [0.2, 0.25) is 0 Å². The Morgan fingerprint density at radius 2 is 2.10 bits per heavy atom. The first-order valence-corrected chi connectivity index (χ1v) is 7.35. The lowest BCUT2D eigenvalue weighted by Crippen LogP contribution is -2.31. The van der Waals surface area contributed by atoms with E-state index in [1.54, 1.807) is 18.2 Å². The second-order valence-corrected chi connectivity index (χ2v) is 5.84. The van der Waals surface area contributed by atoms with Gasteiger partial charge in [0.1, 0.15) is 5.75 Å². The summed E-state index contributed by atoms with van der Waals surface area (Å²) in [6, 6.07) is 5.16. The first kappa shape index (κ1) is 17.3. The summed E-state index contributed by atoms with van der Waals surface area (Å²) in [5, 5.41) is 2.86. The highest BCUT2D eigenvalue weighted by Crippen LogP contribution is 2.23. The fraction of sp³-hybridized carbons (Fsp3) is 0.562. The Morgan fingerprint density at radius 1 is 1.38 bits per heavy atom. The van der Waals surface area contributed by atoms with Gasteiger partial charge in [0.15, 0.2) is 0 Å². The predicted molar refractivity (Wildman–Crippen MR) is 86.7 cm³/mol. The lowest BCUT2D eigenvalue weighted by molar-refractivity contribution is 0.0951. The fourth-order valence-electron chi connectivity index (χ4n) is 1.72. The number of nitrogens with two attached hydrogens (primary N) is 1. The number of nitrogens with zero attached hydrogens (tertiary/aromatic N) is 1. The number of benzene rings is 1. The summed E-state index contributed by atoms with van der Waals surface area (Å²) < 4.78 is 5.63. The van der Waals surface area contributed by atoms with Crippen molar-refractivity contribution >= 4 is 11.6 Å². The van der Waals surface area contributed by atoms with Crippen LogP contribution in [0.5, 0.6) is 5.75 Å². The van der Waals surface area contributed by atoms with Crippen LogP contribution in [0.3, 0.4) is 0 Å². The number of hydrogen-bond donors (Lipinski definition) is 2. The van der Waals surface area contributed by atoms with E-state index < -0.39 is 0 Å². The molecular formula is C16H27N3O2. The molecule has 1 amide bonds. The highest BCUT2D eigenvalue weighted by Gasteiger charge is 2.09. The zero-order valence-corrected chi connectivity index (χ0v) is 13.5. The zero-order chi connectivity index (χ0) is 15.8. The lowest BCUT2D eigenvalue weighted by Gasteiger charge is -2.13. The molecule has 1 aromatic rings. The molecule has 0 fully saturated rings. The predicted octanol–water partition coefficient (Wildman–Crippen LogP) is 1.99. The van der Waals surface area contributed by atoms with Gasteiger partial charge >= 0.3 is 0 Å². The van der Waals surface area contributed by atoms with Gasteiger partial charge < -0.3 is 20.7 Å². The number of rotatable bonds is 8. The Balaban J connectivity index is 2.54. The third-order valence-electron chi connectivity index (χ3n) is 3.07. The number of amides is 1. The van der Waals surface area contributed by atoms with Crippen LogP contribution in [0.15, 0.2) is 18.2 Å². The number of ether oxygens (including phenoxy) is 1. The lowest BCUT2D eigenvalue weighted by atomic mass is 10.1. The minimum atomic E-state index is -0.114. The summed E-state index contributed by atoms with van der Waals surface area (Å²) in [6.07, 6.45) is 0.978. The summed E-state index contributed by atoms with van der Waals surface area (Å²) in [6.45, 7) is 6.34. The van der Waals surface area contributed by atoms with Gasteiger partial charge in [-0.1, -0.05) is 13.8 Å². The number of hydrogen-bond acceptors (Lipinski definition) is 4. The Morgan fingerprint density at radius 3 is 2.67 bits per heavy atom. The first-order valence-electron chi connectivity index (χ1n) is 7.35. The number of likely N-dealkylation sites (N-methyl/N-ethyl adjacent to an activating group) is 1. The van der Waals surface area contributed by atoms with Crippen molar-refractivity contribution in [1.29, 1.82) is 0 Å². The summed E-state index contributed by atoms with van der Waals surface area (Å²) in [7, 11) is 3.93. The Bertz CT molecular complexity index is 459. The first-order chi connectivity index (χ1) is 9.90. The van der Waals surface area contributed by atoms with Gasteiger partial charge in [0.05, 0.1) is 12.3 Å². The van der Waals surface area contributed by atoms with Crippen molar-refractivity contribution in [1.82, 2.24) is 10.2 Å². The highest BCUT2D eigenvalue weighted by atomic mass is 16.5. The smallest absolute Gasteiger partial charge is 0.251 e. The van der Waals surface area contributed by atoms with Crippen LogP contribution in [0.25, 0.3) is 0 Å². The molecule has 5 heteroatoms. The maximum atomic E-state index is 12.0. The van der Waals surface area contributed by atoms with Crippen LogP contribution in [0.1, 0.15) is 30.6 Å². The molecule has 21 heavy (non-hydrogen) atoms. The molecule has 0 aliphatic rings. The van der Waals surface area contributed by atoms with Gasteiger partial charge in [-0.25, -0.2) is 0 Å². The standard InChI is InChI=1S/C16H27N3O2/c1-12(2)7-10-21-15-6-5-13(11-14(15)17)16(20)18-8-9-19(3)4/h5-6,11-12H,7-10,17H2,1-4H3,(H,18,20). The van der Waals surface area contributed by atoms with Crippen LogP contribution in [-0.4, -0.2) is 44.6 Å². The van der Waals surface area contributed by atoms with E-state index in [1.165, 1.54) is 0 Å². The van der Waals surface area contributed by atoms with Gasteiger partial charge in [0.25, 0.3) is 5.91 Å². The molecule has 0 bridgehead atoms. The van der Waals surface area contributed by atoms with Crippen molar-refractivity contribution in [3.63, 3.8) is 0 Å². The van der Waals surface area contributed by atoms with E-state index in [1.807, 2.05) is 19.0 Å². The van der Waals surface area contributed by atoms with Crippen molar-refractivity contribution < 1.29 is 9.53 Å². The van der Waals surface area contributed by atoms with E-state index in [-0.39, 0.29) is 5.91 Å². The molecular weight excluding hydrogens is 266 g/mol. The molecule has 5 nitrogen and oxygen atoms in total. The number of carbonyl (C=O) groups excluding carboxylic acids is 1. The van der Waals surface area contributed by atoms with E-state index in [9.17, 15) is 4.79 Å². The van der Waals surface area contributed by atoms with Crippen molar-refractivity contribution in [2.75, 3.05) is 39.5 Å². The SMILES string of the molecule is CC(C)CCOc1ccc(C(=O)NCCN(C)C)cc1N.